The van der Waals surface area contributed by atoms with Gasteiger partial charge < -0.3 is 4.74 Å². The summed E-state index contributed by atoms with van der Waals surface area (Å²) in [6.07, 6.45) is 3.10. The van der Waals surface area contributed by atoms with Gasteiger partial charge in [0.1, 0.15) is 12.6 Å². The number of hydrogen-bond donors (Lipinski definition) is 0. The van der Waals surface area contributed by atoms with Crippen molar-refractivity contribution in [3.63, 3.8) is 0 Å². The molecule has 0 radical (unpaired) electrons. The summed E-state index contributed by atoms with van der Waals surface area (Å²) in [7, 11) is 0. The van der Waals surface area contributed by atoms with E-state index in [2.05, 4.69) is 20.8 Å². The molecule has 1 aliphatic carbocycles. The molecule has 1 fully saturated rings. The topological polar surface area (TPSA) is 48.3 Å². The summed E-state index contributed by atoms with van der Waals surface area (Å²) in [5.41, 5.74) is 0.619. The lowest BCUT2D eigenvalue weighted by Gasteiger charge is -2.36. The number of benzene rings is 1. The Kier molecular flexibility index (Phi) is 5.54. The molecule has 0 unspecified atom stereocenters. The fraction of sp³-hybridized carbons (Fsp3) is 0.579. The molecule has 1 aromatic heterocycles. The van der Waals surface area contributed by atoms with Crippen molar-refractivity contribution in [3.8, 4) is 0 Å². The van der Waals surface area contributed by atoms with Crippen LogP contribution in [-0.4, -0.2) is 16.6 Å². The third kappa shape index (κ3) is 3.93. The SMILES string of the molecule is CC(C)[C@H]1CC[C@@H](C)C[C@@H]1OC(=O)Cn1c(=O)sc2cccc(Cl)c21. The van der Waals surface area contributed by atoms with Gasteiger partial charge in [-0.2, -0.15) is 0 Å². The van der Waals surface area contributed by atoms with Gasteiger partial charge >= 0.3 is 10.8 Å². The van der Waals surface area contributed by atoms with E-state index in [1.54, 1.807) is 12.1 Å². The number of aromatic nitrogens is 1. The van der Waals surface area contributed by atoms with Crippen LogP contribution in [-0.2, 0) is 16.1 Å². The molecule has 6 heteroatoms. The number of hydrogen-bond acceptors (Lipinski definition) is 4. The predicted molar refractivity (Wildman–Crippen MR) is 102 cm³/mol. The molecule has 136 valence electrons. The first-order valence-electron chi connectivity index (χ1n) is 8.84. The van der Waals surface area contributed by atoms with Crippen LogP contribution >= 0.6 is 22.9 Å². The van der Waals surface area contributed by atoms with Gasteiger partial charge in [-0.3, -0.25) is 14.2 Å². The molecular formula is C19H24ClNO3S. The van der Waals surface area contributed by atoms with E-state index >= 15 is 0 Å². The number of esters is 1. The van der Waals surface area contributed by atoms with Crippen molar-refractivity contribution >= 4 is 39.1 Å². The van der Waals surface area contributed by atoms with Crippen LogP contribution < -0.4 is 4.87 Å². The highest BCUT2D eigenvalue weighted by atomic mass is 35.5. The van der Waals surface area contributed by atoms with Gasteiger partial charge in [0.05, 0.1) is 15.2 Å². The zero-order valence-electron chi connectivity index (χ0n) is 14.8. The molecule has 0 spiro atoms. The van der Waals surface area contributed by atoms with Crippen molar-refractivity contribution in [2.24, 2.45) is 17.8 Å². The highest BCUT2D eigenvalue weighted by Crippen LogP contribution is 2.35. The van der Waals surface area contributed by atoms with E-state index in [9.17, 15) is 9.59 Å². The van der Waals surface area contributed by atoms with Gasteiger partial charge in [0, 0.05) is 0 Å². The Morgan fingerprint density at radius 3 is 2.88 bits per heavy atom. The normalized spacial score (nSPS) is 24.0. The third-order valence-electron chi connectivity index (χ3n) is 5.17. The number of carbonyl (C=O) groups is 1. The Bertz CT molecular complexity index is 826. The maximum atomic E-state index is 12.5. The Balaban J connectivity index is 1.79. The number of carbonyl (C=O) groups excluding carboxylic acids is 1. The van der Waals surface area contributed by atoms with Crippen LogP contribution in [0.4, 0.5) is 0 Å². The first kappa shape index (κ1) is 18.5. The van der Waals surface area contributed by atoms with Crippen LogP contribution in [0.25, 0.3) is 10.2 Å². The van der Waals surface area contributed by atoms with Gasteiger partial charge in [-0.25, -0.2) is 0 Å². The monoisotopic (exact) mass is 381 g/mol. The Morgan fingerprint density at radius 1 is 1.40 bits per heavy atom. The molecule has 0 bridgehead atoms. The van der Waals surface area contributed by atoms with Crippen LogP contribution in [0.5, 0.6) is 0 Å². The second kappa shape index (κ2) is 7.50. The molecule has 3 atom stereocenters. The number of halogens is 1. The maximum Gasteiger partial charge on any atom is 0.326 e. The number of rotatable bonds is 4. The number of para-hydroxylation sites is 1. The van der Waals surface area contributed by atoms with Crippen molar-refractivity contribution in [1.82, 2.24) is 4.57 Å². The van der Waals surface area contributed by atoms with Gasteiger partial charge in [-0.05, 0) is 42.7 Å². The van der Waals surface area contributed by atoms with E-state index in [1.165, 1.54) is 11.0 Å². The number of nitrogens with zero attached hydrogens (tertiary/aromatic N) is 1. The van der Waals surface area contributed by atoms with Crippen LogP contribution in [0.1, 0.15) is 40.0 Å². The van der Waals surface area contributed by atoms with Gasteiger partial charge in [-0.15, -0.1) is 0 Å². The van der Waals surface area contributed by atoms with E-state index in [0.29, 0.717) is 28.3 Å². The standard InChI is InChI=1S/C19H24ClNO3S/c1-11(2)13-8-7-12(3)9-15(13)24-17(22)10-21-18-14(20)5-4-6-16(18)25-19(21)23/h4-6,11-13,15H,7-10H2,1-3H3/t12-,13-,15+/m1/s1. The first-order valence-corrected chi connectivity index (χ1v) is 10.0. The van der Waals surface area contributed by atoms with Crippen LogP contribution in [0.15, 0.2) is 23.0 Å². The largest absolute Gasteiger partial charge is 0.461 e. The minimum Gasteiger partial charge on any atom is -0.461 e. The zero-order chi connectivity index (χ0) is 18.1. The van der Waals surface area contributed by atoms with Crippen molar-refractivity contribution in [2.75, 3.05) is 0 Å². The molecule has 4 nitrogen and oxygen atoms in total. The predicted octanol–water partition coefficient (Wildman–Crippen LogP) is 4.72. The van der Waals surface area contributed by atoms with E-state index < -0.39 is 0 Å². The van der Waals surface area contributed by atoms with Crippen molar-refractivity contribution in [1.29, 1.82) is 0 Å². The van der Waals surface area contributed by atoms with E-state index in [4.69, 9.17) is 16.3 Å². The lowest BCUT2D eigenvalue weighted by Crippen LogP contribution is -2.37. The Hall–Kier alpha value is -1.33. The molecular weight excluding hydrogens is 358 g/mol. The van der Waals surface area contributed by atoms with Crippen molar-refractivity contribution < 1.29 is 9.53 Å². The second-order valence-electron chi connectivity index (χ2n) is 7.40. The fourth-order valence-electron chi connectivity index (χ4n) is 3.81. The lowest BCUT2D eigenvalue weighted by atomic mass is 9.75. The summed E-state index contributed by atoms with van der Waals surface area (Å²) < 4.78 is 8.04. The lowest BCUT2D eigenvalue weighted by molar-refractivity contribution is -0.156. The summed E-state index contributed by atoms with van der Waals surface area (Å²) in [6.45, 7) is 6.47. The number of ether oxygens (including phenoxy) is 1. The minimum absolute atomic E-state index is 0.0627. The second-order valence-corrected chi connectivity index (χ2v) is 8.80. The van der Waals surface area contributed by atoms with Crippen LogP contribution in [0, 0.1) is 17.8 Å². The number of thiazole rings is 1. The molecule has 0 amide bonds. The van der Waals surface area contributed by atoms with E-state index in [-0.39, 0.29) is 23.5 Å². The summed E-state index contributed by atoms with van der Waals surface area (Å²) >= 11 is 7.33. The van der Waals surface area contributed by atoms with Crippen LogP contribution in [0.2, 0.25) is 5.02 Å². The zero-order valence-corrected chi connectivity index (χ0v) is 16.4. The highest BCUT2D eigenvalue weighted by Gasteiger charge is 2.33. The van der Waals surface area contributed by atoms with Crippen molar-refractivity contribution in [3.05, 3.63) is 32.9 Å². The van der Waals surface area contributed by atoms with Crippen molar-refractivity contribution in [2.45, 2.75) is 52.7 Å². The summed E-state index contributed by atoms with van der Waals surface area (Å²) in [5.74, 6) is 1.07. The molecule has 1 saturated carbocycles. The van der Waals surface area contributed by atoms with Gasteiger partial charge in [-0.1, -0.05) is 56.2 Å². The highest BCUT2D eigenvalue weighted by molar-refractivity contribution is 7.16. The molecule has 0 N–H and O–H groups in total. The Labute approximate surface area is 156 Å². The quantitative estimate of drug-likeness (QED) is 0.720. The van der Waals surface area contributed by atoms with Gasteiger partial charge in [0.25, 0.3) is 0 Å². The molecule has 25 heavy (non-hydrogen) atoms. The average Bonchev–Trinajstić information content (AvgIpc) is 2.84. The molecule has 2 aromatic rings. The fourth-order valence-corrected chi connectivity index (χ4v) is 5.06. The molecule has 3 rings (SSSR count). The van der Waals surface area contributed by atoms with E-state index in [0.717, 1.165) is 28.9 Å². The van der Waals surface area contributed by atoms with Crippen LogP contribution in [0.3, 0.4) is 0 Å². The molecule has 1 aliphatic rings. The first-order chi connectivity index (χ1) is 11.9. The minimum atomic E-state index is -0.355. The summed E-state index contributed by atoms with van der Waals surface area (Å²) in [5, 5.41) is 0.481. The smallest absolute Gasteiger partial charge is 0.326 e. The third-order valence-corrected chi connectivity index (χ3v) is 6.42. The average molecular weight is 382 g/mol. The Morgan fingerprint density at radius 2 is 2.16 bits per heavy atom. The number of fused-ring (bicyclic) bond motifs is 1. The molecule has 0 saturated heterocycles. The van der Waals surface area contributed by atoms with E-state index in [1.807, 2.05) is 6.07 Å². The summed E-state index contributed by atoms with van der Waals surface area (Å²) in [6, 6.07) is 5.38. The van der Waals surface area contributed by atoms with Gasteiger partial charge in [0.15, 0.2) is 0 Å². The van der Waals surface area contributed by atoms with Gasteiger partial charge in [0.2, 0.25) is 0 Å². The molecule has 0 aliphatic heterocycles. The summed E-state index contributed by atoms with van der Waals surface area (Å²) in [4.78, 5) is 24.6. The molecule has 1 aromatic carbocycles. The maximum absolute atomic E-state index is 12.5. The molecule has 1 heterocycles.